The maximum atomic E-state index is 14.3. The summed E-state index contributed by atoms with van der Waals surface area (Å²) in [4.78, 5) is 27.8. The van der Waals surface area contributed by atoms with Crippen LogP contribution in [0.3, 0.4) is 0 Å². The molecule has 1 aliphatic heterocycles. The van der Waals surface area contributed by atoms with E-state index in [0.717, 1.165) is 11.3 Å². The molecular formula is C25H22ClFN6O3. The number of hydrogen-bond donors (Lipinski definition) is 1. The van der Waals surface area contributed by atoms with Gasteiger partial charge < -0.3 is 10.1 Å². The quantitative estimate of drug-likeness (QED) is 0.428. The minimum atomic E-state index is -0.500. The first-order chi connectivity index (χ1) is 17.3. The predicted molar refractivity (Wildman–Crippen MR) is 132 cm³/mol. The summed E-state index contributed by atoms with van der Waals surface area (Å²) in [7, 11) is 3.43. The maximum absolute atomic E-state index is 14.3. The summed E-state index contributed by atoms with van der Waals surface area (Å²) in [6.45, 7) is -0.204. The fraction of sp³-hybridized carbons (Fsp3) is 0.200. The number of carbonyl (C=O) groups is 2. The Hall–Kier alpha value is -4.18. The third kappa shape index (κ3) is 4.42. The van der Waals surface area contributed by atoms with E-state index in [-0.39, 0.29) is 31.0 Å². The Bertz CT molecular complexity index is 1480. The zero-order valence-electron chi connectivity index (χ0n) is 19.5. The number of carbonyl (C=O) groups excluding carboxylic acids is 2. The van der Waals surface area contributed by atoms with Crippen molar-refractivity contribution in [2.45, 2.75) is 13.0 Å². The number of nitrogens with one attached hydrogen (secondary N) is 1. The van der Waals surface area contributed by atoms with E-state index in [1.807, 2.05) is 0 Å². The Morgan fingerprint density at radius 3 is 2.72 bits per heavy atom. The summed E-state index contributed by atoms with van der Waals surface area (Å²) in [5.74, 6) is -0.0751. The molecule has 1 N–H and O–H groups in total. The highest BCUT2D eigenvalue weighted by atomic mass is 35.5. The molecule has 3 heterocycles. The molecule has 0 radical (unpaired) electrons. The lowest BCUT2D eigenvalue weighted by molar-refractivity contribution is -0.121. The SMILES string of the molecule is Cn1nccc1NC(=O)CN(C(=O)Cc1ccccc1F)c1nn(C)c2c1COc1ccc(Cl)cc1-2. The van der Waals surface area contributed by atoms with Crippen LogP contribution in [0.25, 0.3) is 11.3 Å². The molecule has 0 saturated carbocycles. The van der Waals surface area contributed by atoms with E-state index in [4.69, 9.17) is 16.3 Å². The molecule has 0 saturated heterocycles. The number of rotatable bonds is 6. The molecule has 184 valence electrons. The van der Waals surface area contributed by atoms with Crippen molar-refractivity contribution in [2.75, 3.05) is 16.8 Å². The van der Waals surface area contributed by atoms with Gasteiger partial charge in [0, 0.05) is 30.7 Å². The predicted octanol–water partition coefficient (Wildman–Crippen LogP) is 3.72. The second-order valence-corrected chi connectivity index (χ2v) is 8.78. The minimum absolute atomic E-state index is 0.139. The van der Waals surface area contributed by atoms with Crippen molar-refractivity contribution < 1.29 is 18.7 Å². The van der Waals surface area contributed by atoms with Crippen molar-refractivity contribution in [3.8, 4) is 17.0 Å². The first kappa shape index (κ1) is 23.6. The van der Waals surface area contributed by atoms with Gasteiger partial charge in [0.05, 0.1) is 23.9 Å². The zero-order valence-corrected chi connectivity index (χ0v) is 20.3. The third-order valence-corrected chi connectivity index (χ3v) is 6.17. The summed E-state index contributed by atoms with van der Waals surface area (Å²) in [5.41, 5.74) is 2.30. The molecule has 36 heavy (non-hydrogen) atoms. The van der Waals surface area contributed by atoms with Gasteiger partial charge in [0.1, 0.15) is 30.5 Å². The second-order valence-electron chi connectivity index (χ2n) is 8.34. The topological polar surface area (TPSA) is 94.3 Å². The Labute approximate surface area is 211 Å². The Kier molecular flexibility index (Phi) is 6.19. The lowest BCUT2D eigenvalue weighted by Crippen LogP contribution is -2.40. The van der Waals surface area contributed by atoms with Gasteiger partial charge in [0.15, 0.2) is 5.82 Å². The number of nitrogens with zero attached hydrogens (tertiary/aromatic N) is 5. The van der Waals surface area contributed by atoms with Crippen LogP contribution in [0.2, 0.25) is 5.02 Å². The van der Waals surface area contributed by atoms with Crippen molar-refractivity contribution in [3.63, 3.8) is 0 Å². The molecule has 0 atom stereocenters. The van der Waals surface area contributed by atoms with Crippen LogP contribution in [-0.2, 0) is 36.7 Å². The molecular weight excluding hydrogens is 487 g/mol. The standard InChI is InChI=1S/C25H22ClFN6O3/c1-31-21(9-10-28-31)29-22(34)13-33(23(35)11-15-5-3-4-6-19(15)27)25-18-14-36-20-8-7-16(26)12-17(20)24(18)32(2)30-25/h3-10,12H,11,13-14H2,1-2H3,(H,29,34). The Balaban J connectivity index is 1.53. The van der Waals surface area contributed by atoms with Gasteiger partial charge >= 0.3 is 0 Å². The number of ether oxygens (including phenoxy) is 1. The van der Waals surface area contributed by atoms with Crippen LogP contribution < -0.4 is 15.0 Å². The highest BCUT2D eigenvalue weighted by Gasteiger charge is 2.32. The summed E-state index contributed by atoms with van der Waals surface area (Å²) >= 11 is 6.22. The van der Waals surface area contributed by atoms with Crippen LogP contribution in [-0.4, -0.2) is 37.9 Å². The number of aryl methyl sites for hydroxylation is 2. The third-order valence-electron chi connectivity index (χ3n) is 5.94. The minimum Gasteiger partial charge on any atom is -0.488 e. The normalized spacial score (nSPS) is 11.9. The smallest absolute Gasteiger partial charge is 0.245 e. The van der Waals surface area contributed by atoms with E-state index < -0.39 is 17.6 Å². The molecule has 9 nitrogen and oxygen atoms in total. The average Bonchev–Trinajstić information content (AvgIpc) is 3.41. The van der Waals surface area contributed by atoms with Gasteiger partial charge in [-0.05, 0) is 29.8 Å². The van der Waals surface area contributed by atoms with Gasteiger partial charge in [0.25, 0.3) is 0 Å². The van der Waals surface area contributed by atoms with Crippen molar-refractivity contribution >= 4 is 35.1 Å². The van der Waals surface area contributed by atoms with E-state index in [2.05, 4.69) is 15.5 Å². The molecule has 2 aromatic carbocycles. The molecule has 11 heteroatoms. The number of benzene rings is 2. The highest BCUT2D eigenvalue weighted by Crippen LogP contribution is 2.42. The van der Waals surface area contributed by atoms with Crippen molar-refractivity contribution in [1.29, 1.82) is 0 Å². The fourth-order valence-electron chi connectivity index (χ4n) is 4.21. The molecule has 2 amide bonds. The number of fused-ring (bicyclic) bond motifs is 3. The van der Waals surface area contributed by atoms with E-state index in [9.17, 15) is 14.0 Å². The van der Waals surface area contributed by atoms with Gasteiger partial charge in [-0.1, -0.05) is 29.8 Å². The van der Waals surface area contributed by atoms with E-state index in [1.165, 1.54) is 21.7 Å². The van der Waals surface area contributed by atoms with Gasteiger partial charge in [-0.15, -0.1) is 0 Å². The number of halogens is 2. The summed E-state index contributed by atoms with van der Waals surface area (Å²) in [6, 6.07) is 12.9. The van der Waals surface area contributed by atoms with Crippen molar-refractivity contribution in [1.82, 2.24) is 19.6 Å². The molecule has 0 unspecified atom stereocenters. The molecule has 4 aromatic rings. The van der Waals surface area contributed by atoms with Gasteiger partial charge in [0.2, 0.25) is 11.8 Å². The number of aromatic nitrogens is 4. The Morgan fingerprint density at radius 1 is 1.17 bits per heavy atom. The van der Waals surface area contributed by atoms with Crippen LogP contribution in [0.4, 0.5) is 16.0 Å². The monoisotopic (exact) mass is 508 g/mol. The molecule has 0 aliphatic carbocycles. The summed E-state index contributed by atoms with van der Waals surface area (Å²) in [5, 5.41) is 11.9. The zero-order chi connectivity index (χ0) is 25.4. The van der Waals surface area contributed by atoms with Gasteiger partial charge in [-0.2, -0.15) is 10.2 Å². The van der Waals surface area contributed by atoms with E-state index in [1.54, 1.807) is 61.4 Å². The molecule has 1 aliphatic rings. The second kappa shape index (κ2) is 9.46. The van der Waals surface area contributed by atoms with Crippen LogP contribution in [0.5, 0.6) is 5.75 Å². The first-order valence-electron chi connectivity index (χ1n) is 11.1. The van der Waals surface area contributed by atoms with Crippen LogP contribution in [0.1, 0.15) is 11.1 Å². The highest BCUT2D eigenvalue weighted by molar-refractivity contribution is 6.31. The summed E-state index contributed by atoms with van der Waals surface area (Å²) in [6.07, 6.45) is 1.30. The maximum Gasteiger partial charge on any atom is 0.245 e. The fourth-order valence-corrected chi connectivity index (χ4v) is 4.38. The average molecular weight is 509 g/mol. The molecule has 0 fully saturated rings. The van der Waals surface area contributed by atoms with Gasteiger partial charge in [-0.25, -0.2) is 4.39 Å². The lowest BCUT2D eigenvalue weighted by Gasteiger charge is -2.24. The van der Waals surface area contributed by atoms with Gasteiger partial charge in [-0.3, -0.25) is 23.9 Å². The summed E-state index contributed by atoms with van der Waals surface area (Å²) < 4.78 is 23.4. The Morgan fingerprint density at radius 2 is 1.97 bits per heavy atom. The first-order valence-corrected chi connectivity index (χ1v) is 11.5. The molecule has 2 aromatic heterocycles. The van der Waals surface area contributed by atoms with Crippen molar-refractivity contribution in [2.24, 2.45) is 14.1 Å². The number of amides is 2. The van der Waals surface area contributed by atoms with Crippen molar-refractivity contribution in [3.05, 3.63) is 76.7 Å². The lowest BCUT2D eigenvalue weighted by atomic mass is 10.0. The molecule has 0 spiro atoms. The van der Waals surface area contributed by atoms with Crippen LogP contribution >= 0.6 is 11.6 Å². The van der Waals surface area contributed by atoms with Crippen LogP contribution in [0, 0.1) is 5.82 Å². The number of anilines is 2. The number of hydrogen-bond acceptors (Lipinski definition) is 5. The largest absolute Gasteiger partial charge is 0.488 e. The van der Waals surface area contributed by atoms with E-state index >= 15 is 0 Å². The van der Waals surface area contributed by atoms with Crippen LogP contribution in [0.15, 0.2) is 54.7 Å². The van der Waals surface area contributed by atoms with E-state index in [0.29, 0.717) is 22.2 Å². The molecule has 5 rings (SSSR count). The molecule has 0 bridgehead atoms.